The highest BCUT2D eigenvalue weighted by molar-refractivity contribution is 5.94. The number of guanidine groups is 1. The fraction of sp³-hybridized carbons (Fsp3) is 0.579. The zero-order valence-electron chi connectivity index (χ0n) is 15.3. The maximum Gasteiger partial charge on any atom is 0.251 e. The molecule has 0 radical (unpaired) electrons. The molecule has 0 aliphatic heterocycles. The predicted molar refractivity (Wildman–Crippen MR) is 101 cm³/mol. The van der Waals surface area contributed by atoms with Gasteiger partial charge in [-0.1, -0.05) is 12.1 Å². The number of amides is 1. The van der Waals surface area contributed by atoms with E-state index >= 15 is 0 Å². The van der Waals surface area contributed by atoms with E-state index in [2.05, 4.69) is 20.9 Å². The van der Waals surface area contributed by atoms with Gasteiger partial charge in [-0.3, -0.25) is 4.79 Å². The highest BCUT2D eigenvalue weighted by Crippen LogP contribution is 2.28. The van der Waals surface area contributed by atoms with Gasteiger partial charge in [0.2, 0.25) is 0 Å². The summed E-state index contributed by atoms with van der Waals surface area (Å²) in [6.45, 7) is 5.91. The molecule has 1 aromatic carbocycles. The van der Waals surface area contributed by atoms with E-state index in [1.807, 2.05) is 25.1 Å². The van der Waals surface area contributed by atoms with E-state index < -0.39 is 0 Å². The van der Waals surface area contributed by atoms with Crippen LogP contribution in [0.3, 0.4) is 0 Å². The van der Waals surface area contributed by atoms with E-state index in [0.29, 0.717) is 12.1 Å². The van der Waals surface area contributed by atoms with Crippen molar-refractivity contribution in [3.63, 3.8) is 0 Å². The molecule has 2 rings (SSSR count). The lowest BCUT2D eigenvalue weighted by Gasteiger charge is -2.11. The maximum atomic E-state index is 11.7. The van der Waals surface area contributed by atoms with Gasteiger partial charge in [0.25, 0.3) is 5.91 Å². The molecule has 1 saturated carbocycles. The second kappa shape index (κ2) is 10.7. The van der Waals surface area contributed by atoms with Crippen LogP contribution in [0, 0.1) is 5.92 Å². The molecule has 0 saturated heterocycles. The van der Waals surface area contributed by atoms with Crippen molar-refractivity contribution < 1.29 is 9.53 Å². The maximum absolute atomic E-state index is 11.7. The summed E-state index contributed by atoms with van der Waals surface area (Å²) in [6, 6.07) is 7.53. The molecule has 0 aromatic heterocycles. The molecule has 1 aromatic rings. The summed E-state index contributed by atoms with van der Waals surface area (Å²) in [5, 5.41) is 9.20. The summed E-state index contributed by atoms with van der Waals surface area (Å²) in [7, 11) is 1.63. The molecule has 0 spiro atoms. The normalized spacial score (nSPS) is 14.2. The summed E-state index contributed by atoms with van der Waals surface area (Å²) in [5.41, 5.74) is 1.66. The predicted octanol–water partition coefficient (Wildman–Crippen LogP) is 1.92. The molecule has 0 unspecified atom stereocenters. The Labute approximate surface area is 150 Å². The van der Waals surface area contributed by atoms with Crippen molar-refractivity contribution in [2.75, 3.05) is 33.4 Å². The van der Waals surface area contributed by atoms with Crippen molar-refractivity contribution in [1.82, 2.24) is 16.0 Å². The van der Waals surface area contributed by atoms with E-state index in [9.17, 15) is 4.79 Å². The van der Waals surface area contributed by atoms with Crippen LogP contribution < -0.4 is 16.0 Å². The molecule has 6 heteroatoms. The smallest absolute Gasteiger partial charge is 0.251 e. The van der Waals surface area contributed by atoms with Gasteiger partial charge in [-0.05, 0) is 49.8 Å². The van der Waals surface area contributed by atoms with Crippen LogP contribution in [0.4, 0.5) is 0 Å². The van der Waals surface area contributed by atoms with Crippen molar-refractivity contribution in [2.45, 2.75) is 32.7 Å². The van der Waals surface area contributed by atoms with Gasteiger partial charge >= 0.3 is 0 Å². The van der Waals surface area contributed by atoms with Gasteiger partial charge < -0.3 is 20.7 Å². The monoisotopic (exact) mass is 346 g/mol. The van der Waals surface area contributed by atoms with Crippen molar-refractivity contribution in [2.24, 2.45) is 10.9 Å². The first-order valence-electron chi connectivity index (χ1n) is 9.14. The molecule has 1 aliphatic carbocycles. The third kappa shape index (κ3) is 7.56. The van der Waals surface area contributed by atoms with Crippen LogP contribution >= 0.6 is 0 Å². The highest BCUT2D eigenvalue weighted by atomic mass is 16.5. The third-order valence-electron chi connectivity index (χ3n) is 3.99. The van der Waals surface area contributed by atoms with Crippen molar-refractivity contribution in [3.05, 3.63) is 35.4 Å². The number of hydrogen-bond acceptors (Lipinski definition) is 3. The lowest BCUT2D eigenvalue weighted by atomic mass is 10.1. The molecule has 6 nitrogen and oxygen atoms in total. The van der Waals surface area contributed by atoms with E-state index in [4.69, 9.17) is 4.74 Å². The molecule has 0 heterocycles. The second-order valence-electron chi connectivity index (χ2n) is 6.27. The number of rotatable bonds is 10. The molecule has 1 aliphatic rings. The van der Waals surface area contributed by atoms with Gasteiger partial charge in [-0.2, -0.15) is 0 Å². The Balaban J connectivity index is 1.76. The summed E-state index contributed by atoms with van der Waals surface area (Å²) >= 11 is 0. The summed E-state index contributed by atoms with van der Waals surface area (Å²) in [6.07, 6.45) is 3.62. The standard InChI is InChI=1S/C19H30N4O2/c1-3-21-19(22-10-5-11-25-14-15-8-9-15)23-13-16-6-4-7-17(12-16)18(24)20-2/h4,6-7,12,15H,3,5,8-11,13-14H2,1-2H3,(H,20,24)(H2,21,22,23). The first-order valence-corrected chi connectivity index (χ1v) is 9.14. The zero-order chi connectivity index (χ0) is 17.9. The molecular weight excluding hydrogens is 316 g/mol. The van der Waals surface area contributed by atoms with Crippen LogP contribution in [-0.4, -0.2) is 45.2 Å². The Morgan fingerprint density at radius 1 is 1.32 bits per heavy atom. The van der Waals surface area contributed by atoms with Gasteiger partial charge in [-0.25, -0.2) is 4.99 Å². The number of hydrogen-bond donors (Lipinski definition) is 3. The summed E-state index contributed by atoms with van der Waals surface area (Å²) in [4.78, 5) is 16.3. The van der Waals surface area contributed by atoms with Crippen molar-refractivity contribution >= 4 is 11.9 Å². The number of carbonyl (C=O) groups is 1. The van der Waals surface area contributed by atoms with Crippen LogP contribution in [0.25, 0.3) is 0 Å². The Morgan fingerprint density at radius 3 is 2.88 bits per heavy atom. The number of nitrogens with one attached hydrogen (secondary N) is 3. The Morgan fingerprint density at radius 2 is 2.16 bits per heavy atom. The van der Waals surface area contributed by atoms with Crippen LogP contribution in [0.2, 0.25) is 0 Å². The Hall–Kier alpha value is -2.08. The highest BCUT2D eigenvalue weighted by Gasteiger charge is 2.20. The van der Waals surface area contributed by atoms with Crippen LogP contribution in [0.5, 0.6) is 0 Å². The second-order valence-corrected chi connectivity index (χ2v) is 6.27. The van der Waals surface area contributed by atoms with Crippen molar-refractivity contribution in [1.29, 1.82) is 0 Å². The van der Waals surface area contributed by atoms with E-state index in [1.54, 1.807) is 13.1 Å². The largest absolute Gasteiger partial charge is 0.381 e. The molecular formula is C19H30N4O2. The number of aliphatic imine (C=N–C) groups is 1. The molecule has 3 N–H and O–H groups in total. The first-order chi connectivity index (χ1) is 12.2. The topological polar surface area (TPSA) is 74.8 Å². The lowest BCUT2D eigenvalue weighted by Crippen LogP contribution is -2.38. The quantitative estimate of drug-likeness (QED) is 0.344. The first kappa shape index (κ1) is 19.2. The van der Waals surface area contributed by atoms with E-state index in [-0.39, 0.29) is 5.91 Å². The van der Waals surface area contributed by atoms with E-state index in [0.717, 1.165) is 50.2 Å². The van der Waals surface area contributed by atoms with Gasteiger partial charge in [0, 0.05) is 38.9 Å². The molecule has 1 amide bonds. The molecule has 25 heavy (non-hydrogen) atoms. The lowest BCUT2D eigenvalue weighted by molar-refractivity contribution is 0.0963. The Bertz CT molecular complexity index is 570. The van der Waals surface area contributed by atoms with Crippen LogP contribution in [-0.2, 0) is 11.3 Å². The minimum absolute atomic E-state index is 0.0814. The third-order valence-corrected chi connectivity index (χ3v) is 3.99. The average molecular weight is 346 g/mol. The molecule has 0 atom stereocenters. The average Bonchev–Trinajstić information content (AvgIpc) is 3.46. The molecule has 0 bridgehead atoms. The number of benzene rings is 1. The van der Waals surface area contributed by atoms with Gasteiger partial charge in [0.1, 0.15) is 0 Å². The number of ether oxygens (including phenoxy) is 1. The molecule has 138 valence electrons. The fourth-order valence-corrected chi connectivity index (χ4v) is 2.38. The number of carbonyl (C=O) groups excluding carboxylic acids is 1. The summed E-state index contributed by atoms with van der Waals surface area (Å²) < 4.78 is 5.64. The van der Waals surface area contributed by atoms with Crippen LogP contribution in [0.1, 0.15) is 42.1 Å². The van der Waals surface area contributed by atoms with Gasteiger partial charge in [0.15, 0.2) is 5.96 Å². The number of nitrogens with zero attached hydrogens (tertiary/aromatic N) is 1. The zero-order valence-corrected chi connectivity index (χ0v) is 15.3. The minimum Gasteiger partial charge on any atom is -0.381 e. The molecule has 1 fully saturated rings. The van der Waals surface area contributed by atoms with Gasteiger partial charge in [-0.15, -0.1) is 0 Å². The fourth-order valence-electron chi connectivity index (χ4n) is 2.38. The van der Waals surface area contributed by atoms with Crippen molar-refractivity contribution in [3.8, 4) is 0 Å². The van der Waals surface area contributed by atoms with Gasteiger partial charge in [0.05, 0.1) is 6.54 Å². The van der Waals surface area contributed by atoms with E-state index in [1.165, 1.54) is 12.8 Å². The minimum atomic E-state index is -0.0814. The summed E-state index contributed by atoms with van der Waals surface area (Å²) in [5.74, 6) is 1.52. The SMILES string of the molecule is CCNC(=NCc1cccc(C(=O)NC)c1)NCCCOCC1CC1. The Kier molecular flexibility index (Phi) is 8.25. The van der Waals surface area contributed by atoms with Crippen LogP contribution in [0.15, 0.2) is 29.3 Å².